The Morgan fingerprint density at radius 2 is 1.89 bits per heavy atom. The maximum atomic E-state index is 12.6. The van der Waals surface area contributed by atoms with Gasteiger partial charge >= 0.3 is 0 Å². The lowest BCUT2D eigenvalue weighted by Crippen LogP contribution is -2.32. The minimum atomic E-state index is -0.212. The van der Waals surface area contributed by atoms with Crippen LogP contribution in [-0.4, -0.2) is 5.78 Å². The molecular formula is C17H20O. The summed E-state index contributed by atoms with van der Waals surface area (Å²) < 4.78 is 0. The maximum absolute atomic E-state index is 12.6. The van der Waals surface area contributed by atoms with Crippen LogP contribution in [0.1, 0.15) is 50.5 Å². The van der Waals surface area contributed by atoms with Crippen molar-refractivity contribution >= 4 is 5.78 Å². The van der Waals surface area contributed by atoms with Crippen LogP contribution >= 0.6 is 0 Å². The largest absolute Gasteiger partial charge is 0.299 e. The third kappa shape index (κ3) is 2.48. The van der Waals surface area contributed by atoms with Gasteiger partial charge in [-0.15, -0.1) is 12.3 Å². The number of hydrogen-bond donors (Lipinski definition) is 0. The third-order valence-electron chi connectivity index (χ3n) is 4.04. The summed E-state index contributed by atoms with van der Waals surface area (Å²) >= 11 is 0. The van der Waals surface area contributed by atoms with E-state index in [1.165, 1.54) is 5.56 Å². The summed E-state index contributed by atoms with van der Waals surface area (Å²) in [5, 5.41) is 0. The average molecular weight is 240 g/mol. The van der Waals surface area contributed by atoms with E-state index in [0.29, 0.717) is 18.6 Å². The fourth-order valence-corrected chi connectivity index (χ4v) is 3.05. The monoisotopic (exact) mass is 240 g/mol. The second kappa shape index (κ2) is 5.87. The standard InChI is InChI=1S/C17H20O/c1-2-3-5-12-16(18)17(13-8-9-14-17)15-10-6-4-7-11-15/h1,4,6-7,10-11H,3,5,8-9,12-14H2. The first kappa shape index (κ1) is 12.9. The Hall–Kier alpha value is -1.55. The Morgan fingerprint density at radius 1 is 1.22 bits per heavy atom. The Morgan fingerprint density at radius 3 is 2.50 bits per heavy atom. The normalized spacial score (nSPS) is 17.3. The predicted octanol–water partition coefficient (Wildman–Crippen LogP) is 3.87. The molecule has 18 heavy (non-hydrogen) atoms. The van der Waals surface area contributed by atoms with E-state index in [-0.39, 0.29) is 5.41 Å². The van der Waals surface area contributed by atoms with Crippen LogP contribution in [-0.2, 0) is 10.2 Å². The van der Waals surface area contributed by atoms with Gasteiger partial charge in [0.25, 0.3) is 0 Å². The summed E-state index contributed by atoms with van der Waals surface area (Å²) in [6.07, 6.45) is 11.7. The lowest BCUT2D eigenvalue weighted by Gasteiger charge is -2.28. The van der Waals surface area contributed by atoms with Gasteiger partial charge in [-0.25, -0.2) is 0 Å². The molecule has 1 aliphatic carbocycles. The summed E-state index contributed by atoms with van der Waals surface area (Å²) in [6, 6.07) is 10.3. The summed E-state index contributed by atoms with van der Waals surface area (Å²) in [5.74, 6) is 3.00. The molecule has 0 bridgehead atoms. The molecule has 0 N–H and O–H groups in total. The second-order valence-electron chi connectivity index (χ2n) is 5.14. The van der Waals surface area contributed by atoms with Gasteiger partial charge in [-0.1, -0.05) is 43.2 Å². The molecule has 0 atom stereocenters. The number of carbonyl (C=O) groups excluding carboxylic acids is 1. The highest BCUT2D eigenvalue weighted by molar-refractivity contribution is 5.90. The van der Waals surface area contributed by atoms with Gasteiger partial charge < -0.3 is 0 Å². The lowest BCUT2D eigenvalue weighted by molar-refractivity contribution is -0.124. The Balaban J connectivity index is 2.17. The minimum Gasteiger partial charge on any atom is -0.299 e. The molecule has 1 saturated carbocycles. The molecule has 1 aromatic rings. The Kier molecular flexibility index (Phi) is 4.20. The molecule has 0 unspecified atom stereocenters. The minimum absolute atomic E-state index is 0.212. The molecule has 1 aromatic carbocycles. The molecule has 0 spiro atoms. The quantitative estimate of drug-likeness (QED) is 0.564. The number of rotatable bonds is 5. The van der Waals surface area contributed by atoms with E-state index >= 15 is 0 Å². The smallest absolute Gasteiger partial charge is 0.143 e. The van der Waals surface area contributed by atoms with Crippen LogP contribution in [0.3, 0.4) is 0 Å². The van der Waals surface area contributed by atoms with Crippen LogP contribution in [0.2, 0.25) is 0 Å². The highest BCUT2D eigenvalue weighted by atomic mass is 16.1. The van der Waals surface area contributed by atoms with Crippen LogP contribution in [0.5, 0.6) is 0 Å². The van der Waals surface area contributed by atoms with Gasteiger partial charge in [-0.3, -0.25) is 4.79 Å². The van der Waals surface area contributed by atoms with E-state index in [0.717, 1.165) is 32.1 Å². The number of ketones is 1. The van der Waals surface area contributed by atoms with E-state index in [4.69, 9.17) is 6.42 Å². The third-order valence-corrected chi connectivity index (χ3v) is 4.04. The lowest BCUT2D eigenvalue weighted by atomic mass is 9.74. The fraction of sp³-hybridized carbons (Fsp3) is 0.471. The zero-order valence-electron chi connectivity index (χ0n) is 10.8. The maximum Gasteiger partial charge on any atom is 0.143 e. The van der Waals surface area contributed by atoms with Crippen molar-refractivity contribution in [1.82, 2.24) is 0 Å². The summed E-state index contributed by atoms with van der Waals surface area (Å²) in [6.45, 7) is 0. The molecule has 2 rings (SSSR count). The molecule has 1 fully saturated rings. The zero-order chi connectivity index (χ0) is 12.8. The molecule has 0 aliphatic heterocycles. The van der Waals surface area contributed by atoms with Crippen molar-refractivity contribution in [2.75, 3.05) is 0 Å². The van der Waals surface area contributed by atoms with Crippen molar-refractivity contribution in [2.24, 2.45) is 0 Å². The zero-order valence-corrected chi connectivity index (χ0v) is 10.8. The van der Waals surface area contributed by atoms with Gasteiger partial charge in [0.1, 0.15) is 5.78 Å². The van der Waals surface area contributed by atoms with E-state index in [1.54, 1.807) is 0 Å². The number of carbonyl (C=O) groups is 1. The molecule has 0 heterocycles. The van der Waals surface area contributed by atoms with Crippen LogP contribution in [0.15, 0.2) is 30.3 Å². The fourth-order valence-electron chi connectivity index (χ4n) is 3.05. The van der Waals surface area contributed by atoms with Gasteiger partial charge in [-0.2, -0.15) is 0 Å². The molecule has 1 heteroatoms. The van der Waals surface area contributed by atoms with Gasteiger partial charge in [0.05, 0.1) is 5.41 Å². The Labute approximate surface area is 110 Å². The summed E-state index contributed by atoms with van der Waals surface area (Å²) in [4.78, 5) is 12.6. The number of Topliss-reactive ketones (excluding diaryl/α,β-unsaturated/α-hetero) is 1. The van der Waals surface area contributed by atoms with Crippen molar-refractivity contribution in [2.45, 2.75) is 50.4 Å². The van der Waals surface area contributed by atoms with Gasteiger partial charge in [0, 0.05) is 12.8 Å². The summed E-state index contributed by atoms with van der Waals surface area (Å²) in [5.41, 5.74) is 0.990. The number of hydrogen-bond acceptors (Lipinski definition) is 1. The molecule has 94 valence electrons. The molecule has 0 radical (unpaired) electrons. The van der Waals surface area contributed by atoms with Gasteiger partial charge in [0.2, 0.25) is 0 Å². The van der Waals surface area contributed by atoms with E-state index in [2.05, 4.69) is 18.1 Å². The van der Waals surface area contributed by atoms with Crippen LogP contribution in [0.25, 0.3) is 0 Å². The molecule has 1 nitrogen and oxygen atoms in total. The predicted molar refractivity (Wildman–Crippen MR) is 74.3 cm³/mol. The van der Waals surface area contributed by atoms with Crippen molar-refractivity contribution in [3.8, 4) is 12.3 Å². The molecule has 1 aliphatic rings. The number of unbranched alkanes of at least 4 members (excludes halogenated alkanes) is 1. The van der Waals surface area contributed by atoms with E-state index < -0.39 is 0 Å². The van der Waals surface area contributed by atoms with Crippen LogP contribution in [0, 0.1) is 12.3 Å². The van der Waals surface area contributed by atoms with Crippen molar-refractivity contribution in [3.63, 3.8) is 0 Å². The molecule has 0 amide bonds. The van der Waals surface area contributed by atoms with Crippen molar-refractivity contribution < 1.29 is 4.79 Å². The Bertz CT molecular complexity index is 432. The van der Waals surface area contributed by atoms with E-state index in [9.17, 15) is 4.79 Å². The first-order valence-electron chi connectivity index (χ1n) is 6.82. The number of benzene rings is 1. The molecule has 0 saturated heterocycles. The van der Waals surface area contributed by atoms with Gasteiger partial charge in [0.15, 0.2) is 0 Å². The van der Waals surface area contributed by atoms with Crippen molar-refractivity contribution in [1.29, 1.82) is 0 Å². The van der Waals surface area contributed by atoms with Crippen LogP contribution in [0.4, 0.5) is 0 Å². The molecular weight excluding hydrogens is 220 g/mol. The average Bonchev–Trinajstić information content (AvgIpc) is 2.90. The number of terminal acetylenes is 1. The molecule has 0 aromatic heterocycles. The summed E-state index contributed by atoms with van der Waals surface area (Å²) in [7, 11) is 0. The van der Waals surface area contributed by atoms with Crippen LogP contribution < -0.4 is 0 Å². The van der Waals surface area contributed by atoms with Gasteiger partial charge in [-0.05, 0) is 24.8 Å². The highest BCUT2D eigenvalue weighted by Crippen LogP contribution is 2.42. The first-order valence-corrected chi connectivity index (χ1v) is 6.82. The highest BCUT2D eigenvalue weighted by Gasteiger charge is 2.41. The second-order valence-corrected chi connectivity index (χ2v) is 5.14. The first-order chi connectivity index (χ1) is 8.79. The SMILES string of the molecule is C#CCCCC(=O)C1(c2ccccc2)CCCC1. The van der Waals surface area contributed by atoms with E-state index in [1.807, 2.05) is 18.2 Å². The van der Waals surface area contributed by atoms with Crippen molar-refractivity contribution in [3.05, 3.63) is 35.9 Å². The topological polar surface area (TPSA) is 17.1 Å².